The van der Waals surface area contributed by atoms with Gasteiger partial charge in [0.2, 0.25) is 0 Å². The number of rotatable bonds is 0. The van der Waals surface area contributed by atoms with Crippen LogP contribution in [0, 0.1) is 0 Å². The summed E-state index contributed by atoms with van der Waals surface area (Å²) in [6.45, 7) is 0. The maximum absolute atomic E-state index is 4.08. The highest BCUT2D eigenvalue weighted by Gasteiger charge is 2.21. The molecule has 2 heterocycles. The first-order chi connectivity index (χ1) is 4.47. The molecular weight excluding hydrogens is 116 g/mol. The van der Waals surface area contributed by atoms with Gasteiger partial charge < -0.3 is 5.32 Å². The minimum Gasteiger partial charge on any atom is -0.352 e. The molecular formula is C5H6N4. The minimum absolute atomic E-state index is 0.00463. The van der Waals surface area contributed by atoms with Crippen molar-refractivity contribution in [2.45, 2.75) is 12.3 Å². The van der Waals surface area contributed by atoms with Crippen LogP contribution in [0.5, 0.6) is 0 Å². The summed E-state index contributed by atoms with van der Waals surface area (Å²) < 4.78 is 0. The normalized spacial score (nSPS) is 36.4. The third-order valence-electron chi connectivity index (χ3n) is 1.31. The van der Waals surface area contributed by atoms with Gasteiger partial charge in [0.15, 0.2) is 12.3 Å². The van der Waals surface area contributed by atoms with Crippen molar-refractivity contribution in [3.05, 3.63) is 0 Å². The van der Waals surface area contributed by atoms with E-state index in [2.05, 4.69) is 20.3 Å². The highest BCUT2D eigenvalue weighted by molar-refractivity contribution is 6.16. The van der Waals surface area contributed by atoms with Crippen molar-refractivity contribution in [3.8, 4) is 0 Å². The predicted octanol–water partition coefficient (Wildman–Crippen LogP) is -0.575. The Bertz CT molecular complexity index is 193. The number of hydrogen-bond acceptors (Lipinski definition) is 4. The zero-order chi connectivity index (χ0) is 6.10. The van der Waals surface area contributed by atoms with Gasteiger partial charge in [-0.25, -0.2) is 4.99 Å². The van der Waals surface area contributed by atoms with Gasteiger partial charge >= 0.3 is 0 Å². The topological polar surface area (TPSA) is 49.1 Å². The second kappa shape index (κ2) is 1.65. The molecule has 0 aromatic heterocycles. The molecule has 0 aliphatic carbocycles. The zero-order valence-corrected chi connectivity index (χ0v) is 4.73. The van der Waals surface area contributed by atoms with Crippen LogP contribution in [0.15, 0.2) is 15.0 Å². The Morgan fingerprint density at radius 1 is 1.11 bits per heavy atom. The Kier molecular flexibility index (Phi) is 0.855. The summed E-state index contributed by atoms with van der Waals surface area (Å²) >= 11 is 0. The molecule has 9 heavy (non-hydrogen) atoms. The Morgan fingerprint density at radius 3 is 2.89 bits per heavy atom. The van der Waals surface area contributed by atoms with E-state index in [0.717, 1.165) is 0 Å². The van der Waals surface area contributed by atoms with Crippen LogP contribution >= 0.6 is 0 Å². The maximum Gasteiger partial charge on any atom is 0.181 e. The Labute approximate surface area is 52.4 Å². The van der Waals surface area contributed by atoms with Crippen molar-refractivity contribution in [2.24, 2.45) is 15.0 Å². The van der Waals surface area contributed by atoms with Crippen molar-refractivity contribution >= 4 is 18.8 Å². The van der Waals surface area contributed by atoms with Crippen molar-refractivity contribution < 1.29 is 0 Å². The molecule has 4 heteroatoms. The monoisotopic (exact) mass is 122 g/mol. The lowest BCUT2D eigenvalue weighted by Crippen LogP contribution is -2.30. The van der Waals surface area contributed by atoms with Gasteiger partial charge in [0.05, 0.1) is 6.34 Å². The van der Waals surface area contributed by atoms with Crippen LogP contribution in [0.1, 0.15) is 0 Å². The van der Waals surface area contributed by atoms with Gasteiger partial charge in [0.1, 0.15) is 0 Å². The van der Waals surface area contributed by atoms with E-state index in [1.807, 2.05) is 0 Å². The van der Waals surface area contributed by atoms with E-state index < -0.39 is 0 Å². The second-order valence-corrected chi connectivity index (χ2v) is 1.90. The van der Waals surface area contributed by atoms with E-state index >= 15 is 0 Å². The molecule has 0 fully saturated rings. The largest absolute Gasteiger partial charge is 0.352 e. The lowest BCUT2D eigenvalue weighted by Gasteiger charge is -2.11. The van der Waals surface area contributed by atoms with Crippen LogP contribution in [0.3, 0.4) is 0 Å². The van der Waals surface area contributed by atoms with Gasteiger partial charge in [-0.15, -0.1) is 0 Å². The van der Waals surface area contributed by atoms with Gasteiger partial charge in [-0.2, -0.15) is 0 Å². The Hall–Kier alpha value is -1.19. The summed E-state index contributed by atoms with van der Waals surface area (Å²) in [7, 11) is 0. The van der Waals surface area contributed by atoms with Crippen molar-refractivity contribution in [1.29, 1.82) is 0 Å². The fraction of sp³-hybridized carbons (Fsp3) is 0.400. The first kappa shape index (κ1) is 4.67. The van der Waals surface area contributed by atoms with Crippen LogP contribution in [-0.4, -0.2) is 31.1 Å². The fourth-order valence-corrected chi connectivity index (χ4v) is 0.861. The molecule has 0 saturated carbocycles. The van der Waals surface area contributed by atoms with Gasteiger partial charge in [-0.1, -0.05) is 0 Å². The number of aliphatic imine (C=N–C) groups is 3. The Morgan fingerprint density at radius 2 is 2.00 bits per heavy atom. The second-order valence-electron chi connectivity index (χ2n) is 1.90. The lowest BCUT2D eigenvalue weighted by atomic mass is 10.4. The molecule has 0 saturated heterocycles. The summed E-state index contributed by atoms with van der Waals surface area (Å²) in [5.74, 6) is 0. The fourth-order valence-electron chi connectivity index (χ4n) is 0.861. The SMILES string of the molecule is C1=NC2N=CNC2N=C1. The highest BCUT2D eigenvalue weighted by Crippen LogP contribution is 2.07. The average Bonchev–Trinajstić information content (AvgIpc) is 2.33. The predicted molar refractivity (Wildman–Crippen MR) is 36.2 cm³/mol. The number of hydrogen-bond donors (Lipinski definition) is 1. The summed E-state index contributed by atoms with van der Waals surface area (Å²) in [6.07, 6.45) is 5.06. The molecule has 2 aliphatic rings. The summed E-state index contributed by atoms with van der Waals surface area (Å²) in [6, 6.07) is 0. The molecule has 2 atom stereocenters. The highest BCUT2D eigenvalue weighted by atomic mass is 15.3. The van der Waals surface area contributed by atoms with E-state index in [4.69, 9.17) is 0 Å². The summed E-state index contributed by atoms with van der Waals surface area (Å²) in [4.78, 5) is 12.1. The molecule has 4 nitrogen and oxygen atoms in total. The molecule has 46 valence electrons. The van der Waals surface area contributed by atoms with E-state index in [9.17, 15) is 0 Å². The molecule has 0 radical (unpaired) electrons. The van der Waals surface area contributed by atoms with Gasteiger partial charge in [-0.3, -0.25) is 9.98 Å². The minimum atomic E-state index is -0.00463. The number of nitrogens with one attached hydrogen (secondary N) is 1. The molecule has 2 unspecified atom stereocenters. The molecule has 0 amide bonds. The van der Waals surface area contributed by atoms with Crippen LogP contribution in [0.2, 0.25) is 0 Å². The first-order valence-corrected chi connectivity index (χ1v) is 2.79. The van der Waals surface area contributed by atoms with Gasteiger partial charge in [0, 0.05) is 12.4 Å². The molecule has 2 rings (SSSR count). The third-order valence-corrected chi connectivity index (χ3v) is 1.31. The first-order valence-electron chi connectivity index (χ1n) is 2.79. The van der Waals surface area contributed by atoms with Crippen molar-refractivity contribution in [3.63, 3.8) is 0 Å². The molecule has 2 aliphatic heterocycles. The third kappa shape index (κ3) is 0.630. The summed E-state index contributed by atoms with van der Waals surface area (Å²) in [5, 5.41) is 2.96. The molecule has 0 bridgehead atoms. The van der Waals surface area contributed by atoms with E-state index in [-0.39, 0.29) is 12.3 Å². The molecule has 1 N–H and O–H groups in total. The van der Waals surface area contributed by atoms with E-state index in [0.29, 0.717) is 0 Å². The lowest BCUT2D eigenvalue weighted by molar-refractivity contribution is 0.562. The number of fused-ring (bicyclic) bond motifs is 1. The summed E-state index contributed by atoms with van der Waals surface area (Å²) in [5.41, 5.74) is 0. The zero-order valence-electron chi connectivity index (χ0n) is 4.73. The van der Waals surface area contributed by atoms with E-state index in [1.54, 1.807) is 18.8 Å². The standard InChI is InChI=1S/C5H6N4/c1-2-7-5-4(6-1)8-3-9-5/h1-5H,(H,8,9). The molecule has 0 aromatic carbocycles. The molecule has 0 aromatic rings. The van der Waals surface area contributed by atoms with Crippen molar-refractivity contribution in [1.82, 2.24) is 5.32 Å². The van der Waals surface area contributed by atoms with Crippen LogP contribution < -0.4 is 5.32 Å². The average molecular weight is 122 g/mol. The van der Waals surface area contributed by atoms with Gasteiger partial charge in [0.25, 0.3) is 0 Å². The smallest absolute Gasteiger partial charge is 0.181 e. The van der Waals surface area contributed by atoms with Crippen LogP contribution in [-0.2, 0) is 0 Å². The van der Waals surface area contributed by atoms with E-state index in [1.165, 1.54) is 0 Å². The quantitative estimate of drug-likeness (QED) is 0.459. The van der Waals surface area contributed by atoms with Crippen LogP contribution in [0.4, 0.5) is 0 Å². The number of nitrogens with zero attached hydrogens (tertiary/aromatic N) is 3. The Balaban J connectivity index is 2.25. The molecule has 0 spiro atoms. The maximum atomic E-state index is 4.08. The van der Waals surface area contributed by atoms with Crippen LogP contribution in [0.25, 0.3) is 0 Å². The van der Waals surface area contributed by atoms with Gasteiger partial charge in [-0.05, 0) is 0 Å². The van der Waals surface area contributed by atoms with Crippen molar-refractivity contribution in [2.75, 3.05) is 0 Å².